The summed E-state index contributed by atoms with van der Waals surface area (Å²) in [6.45, 7) is 4.67. The van der Waals surface area contributed by atoms with Crippen molar-refractivity contribution in [2.45, 2.75) is 19.3 Å². The van der Waals surface area contributed by atoms with Crippen LogP contribution in [-0.4, -0.2) is 19.5 Å². The quantitative estimate of drug-likeness (QED) is 0.205. The fraction of sp³-hybridized carbons (Fsp3) is 0.0714. The third-order valence-corrected chi connectivity index (χ3v) is 9.47. The van der Waals surface area contributed by atoms with Crippen LogP contribution in [0.5, 0.6) is 0 Å². The minimum atomic E-state index is -0.111. The molecule has 0 aliphatic heterocycles. The zero-order valence-electron chi connectivity index (χ0n) is 25.6. The molecule has 0 N–H and O–H groups in total. The summed E-state index contributed by atoms with van der Waals surface area (Å²) in [5, 5.41) is 2.41. The van der Waals surface area contributed by atoms with Crippen LogP contribution in [0.15, 0.2) is 146 Å². The van der Waals surface area contributed by atoms with E-state index in [1.54, 1.807) is 0 Å². The summed E-state index contributed by atoms with van der Waals surface area (Å²) in [7, 11) is 0. The Balaban J connectivity index is 1.41. The lowest BCUT2D eigenvalue weighted by atomic mass is 9.82. The van der Waals surface area contributed by atoms with Crippen LogP contribution in [0.4, 0.5) is 0 Å². The van der Waals surface area contributed by atoms with Crippen molar-refractivity contribution < 1.29 is 0 Å². The van der Waals surface area contributed by atoms with E-state index in [-0.39, 0.29) is 5.41 Å². The van der Waals surface area contributed by atoms with Crippen molar-refractivity contribution in [2.75, 3.05) is 0 Å². The van der Waals surface area contributed by atoms with Gasteiger partial charge in [-0.25, -0.2) is 4.98 Å². The largest absolute Gasteiger partial charge is 0.278 e. The molecule has 0 unspecified atom stereocenters. The number of benzene rings is 6. The normalized spacial score (nSPS) is 13.2. The molecule has 9 rings (SSSR count). The predicted molar refractivity (Wildman–Crippen MR) is 188 cm³/mol. The molecule has 1 aliphatic carbocycles. The van der Waals surface area contributed by atoms with Crippen molar-refractivity contribution >= 4 is 21.8 Å². The summed E-state index contributed by atoms with van der Waals surface area (Å²) in [5.74, 6) is 1.90. The average molecular weight is 591 g/mol. The first kappa shape index (κ1) is 26.5. The topological polar surface area (TPSA) is 43.6 Å². The summed E-state index contributed by atoms with van der Waals surface area (Å²) < 4.78 is 2.23. The Kier molecular flexibility index (Phi) is 5.81. The van der Waals surface area contributed by atoms with Gasteiger partial charge in [0.25, 0.3) is 0 Å². The lowest BCUT2D eigenvalue weighted by molar-refractivity contribution is 0.661. The number of fused-ring (bicyclic) bond motifs is 7. The van der Waals surface area contributed by atoms with Crippen LogP contribution in [0, 0.1) is 0 Å². The van der Waals surface area contributed by atoms with Gasteiger partial charge in [0.1, 0.15) is 0 Å². The van der Waals surface area contributed by atoms with Crippen LogP contribution in [-0.2, 0) is 5.41 Å². The Morgan fingerprint density at radius 2 is 1.04 bits per heavy atom. The lowest BCUT2D eigenvalue weighted by Gasteiger charge is -2.21. The Hall–Kier alpha value is -5.87. The van der Waals surface area contributed by atoms with Gasteiger partial charge in [-0.2, -0.15) is 9.97 Å². The number of hydrogen-bond donors (Lipinski definition) is 0. The summed E-state index contributed by atoms with van der Waals surface area (Å²) >= 11 is 0. The van der Waals surface area contributed by atoms with Crippen LogP contribution < -0.4 is 0 Å². The molecule has 46 heavy (non-hydrogen) atoms. The van der Waals surface area contributed by atoms with Gasteiger partial charge in [0, 0.05) is 27.3 Å². The Bertz CT molecular complexity index is 2370. The van der Waals surface area contributed by atoms with Crippen LogP contribution >= 0.6 is 0 Å². The van der Waals surface area contributed by atoms with E-state index in [1.165, 1.54) is 44.2 Å². The highest BCUT2D eigenvalue weighted by Gasteiger charge is 2.37. The van der Waals surface area contributed by atoms with E-state index in [0.29, 0.717) is 17.6 Å². The molecule has 0 spiro atoms. The molecule has 0 atom stereocenters. The summed E-state index contributed by atoms with van der Waals surface area (Å²) in [4.78, 5) is 15.3. The molecule has 2 aromatic heterocycles. The highest BCUT2D eigenvalue weighted by atomic mass is 15.2. The molecule has 0 saturated heterocycles. The van der Waals surface area contributed by atoms with Gasteiger partial charge < -0.3 is 0 Å². The molecule has 4 nitrogen and oxygen atoms in total. The second-order valence-corrected chi connectivity index (χ2v) is 12.5. The smallest absolute Gasteiger partial charge is 0.238 e. The van der Waals surface area contributed by atoms with Gasteiger partial charge in [0.2, 0.25) is 5.95 Å². The van der Waals surface area contributed by atoms with E-state index in [4.69, 9.17) is 15.0 Å². The number of hydrogen-bond acceptors (Lipinski definition) is 3. The zero-order chi connectivity index (χ0) is 30.8. The molecule has 8 aromatic rings. The molecule has 6 aromatic carbocycles. The number of aromatic nitrogens is 4. The van der Waals surface area contributed by atoms with E-state index in [9.17, 15) is 0 Å². The lowest BCUT2D eigenvalue weighted by Crippen LogP contribution is -2.14. The first-order valence-corrected chi connectivity index (χ1v) is 15.7. The van der Waals surface area contributed by atoms with E-state index >= 15 is 0 Å². The fourth-order valence-electron chi connectivity index (χ4n) is 7.23. The standard InChI is InChI=1S/C42H30N4/c1-42(2)33-21-13-12-20-31(33)37-34(42)23-25-36-38(37)32-26-30(27-14-6-3-7-15-27)22-24-35(32)46(36)41-44-39(28-16-8-4-9-17-28)43-40(45-41)29-18-10-5-11-19-29/h3-26H,1-2H3. The van der Waals surface area contributed by atoms with E-state index < -0.39 is 0 Å². The predicted octanol–water partition coefficient (Wildman–Crippen LogP) is 10.3. The van der Waals surface area contributed by atoms with Gasteiger partial charge in [-0.3, -0.25) is 4.57 Å². The first-order valence-electron chi connectivity index (χ1n) is 15.7. The van der Waals surface area contributed by atoms with Gasteiger partial charge >= 0.3 is 0 Å². The molecule has 0 amide bonds. The van der Waals surface area contributed by atoms with Crippen LogP contribution in [0.1, 0.15) is 25.0 Å². The maximum atomic E-state index is 5.16. The number of nitrogens with zero attached hydrogens (tertiary/aromatic N) is 4. The van der Waals surface area contributed by atoms with Gasteiger partial charge in [-0.15, -0.1) is 0 Å². The molecule has 218 valence electrons. The minimum Gasteiger partial charge on any atom is -0.278 e. The highest BCUT2D eigenvalue weighted by molar-refractivity contribution is 6.18. The van der Waals surface area contributed by atoms with Gasteiger partial charge in [-0.05, 0) is 51.6 Å². The van der Waals surface area contributed by atoms with Gasteiger partial charge in [0.15, 0.2) is 11.6 Å². The second-order valence-electron chi connectivity index (χ2n) is 12.5. The van der Waals surface area contributed by atoms with Crippen molar-refractivity contribution in [1.82, 2.24) is 19.5 Å². The summed E-state index contributed by atoms with van der Waals surface area (Å²) in [5.41, 5.74) is 11.6. The minimum absolute atomic E-state index is 0.111. The van der Waals surface area contributed by atoms with Crippen molar-refractivity contribution in [2.24, 2.45) is 0 Å². The van der Waals surface area contributed by atoms with Crippen molar-refractivity contribution in [3.05, 3.63) is 157 Å². The van der Waals surface area contributed by atoms with Crippen LogP contribution in [0.3, 0.4) is 0 Å². The van der Waals surface area contributed by atoms with Gasteiger partial charge in [-0.1, -0.05) is 141 Å². The van der Waals surface area contributed by atoms with E-state index in [1.807, 2.05) is 36.4 Å². The van der Waals surface area contributed by atoms with E-state index in [2.05, 4.69) is 128 Å². The molecular weight excluding hydrogens is 560 g/mol. The SMILES string of the molecule is CC1(C)c2ccccc2-c2c1ccc1c2c2cc(-c3ccccc3)ccc2n1-c1nc(-c2ccccc2)nc(-c2ccccc2)n1. The summed E-state index contributed by atoms with van der Waals surface area (Å²) in [6.07, 6.45) is 0. The van der Waals surface area contributed by atoms with Gasteiger partial charge in [0.05, 0.1) is 11.0 Å². The third kappa shape index (κ3) is 3.97. The second kappa shape index (κ2) is 10.1. The third-order valence-electron chi connectivity index (χ3n) is 9.47. The molecule has 0 radical (unpaired) electrons. The molecule has 0 saturated carbocycles. The number of rotatable bonds is 4. The molecule has 0 fully saturated rings. The first-order chi connectivity index (χ1) is 22.6. The highest BCUT2D eigenvalue weighted by Crippen LogP contribution is 2.53. The summed E-state index contributed by atoms with van der Waals surface area (Å²) in [6, 6.07) is 51.2. The van der Waals surface area contributed by atoms with Crippen LogP contribution in [0.2, 0.25) is 0 Å². The van der Waals surface area contributed by atoms with E-state index in [0.717, 1.165) is 22.2 Å². The molecule has 2 heterocycles. The fourth-order valence-corrected chi connectivity index (χ4v) is 7.23. The monoisotopic (exact) mass is 590 g/mol. The van der Waals surface area contributed by atoms with Crippen molar-refractivity contribution in [3.8, 4) is 51.0 Å². The molecule has 0 bridgehead atoms. The Morgan fingerprint density at radius 3 is 1.70 bits per heavy atom. The molecular formula is C42H30N4. The average Bonchev–Trinajstić information content (AvgIpc) is 3.57. The zero-order valence-corrected chi connectivity index (χ0v) is 25.6. The Labute approximate surface area is 267 Å². The maximum Gasteiger partial charge on any atom is 0.238 e. The molecule has 1 aliphatic rings. The Morgan fingerprint density at radius 1 is 0.478 bits per heavy atom. The van der Waals surface area contributed by atoms with Crippen molar-refractivity contribution in [3.63, 3.8) is 0 Å². The molecule has 4 heteroatoms. The van der Waals surface area contributed by atoms with Crippen molar-refractivity contribution in [1.29, 1.82) is 0 Å². The maximum absolute atomic E-state index is 5.16. The van der Waals surface area contributed by atoms with Crippen LogP contribution in [0.25, 0.3) is 72.8 Å².